The van der Waals surface area contributed by atoms with Gasteiger partial charge in [0.1, 0.15) is 16.4 Å². The smallest absolute Gasteiger partial charge is 0.246 e. The minimum atomic E-state index is -3.80. The first-order valence-corrected chi connectivity index (χ1v) is 9.58. The van der Waals surface area contributed by atoms with Gasteiger partial charge in [-0.3, -0.25) is 4.79 Å². The lowest BCUT2D eigenvalue weighted by Crippen LogP contribution is -2.46. The van der Waals surface area contributed by atoms with Crippen LogP contribution >= 0.6 is 0 Å². The molecule has 1 heterocycles. The number of nitrogens with zero attached hydrogens (tertiary/aromatic N) is 1. The van der Waals surface area contributed by atoms with Crippen molar-refractivity contribution in [2.24, 2.45) is 11.7 Å². The number of hydrogen-bond acceptors (Lipinski definition) is 6. The van der Waals surface area contributed by atoms with E-state index in [0.717, 1.165) is 0 Å². The maximum absolute atomic E-state index is 13.1. The van der Waals surface area contributed by atoms with Crippen molar-refractivity contribution in [3.8, 4) is 11.5 Å². The summed E-state index contributed by atoms with van der Waals surface area (Å²) in [6.07, 6.45) is 1.27. The number of carbonyl (C=O) groups excluding carboxylic acids is 1. The van der Waals surface area contributed by atoms with Crippen molar-refractivity contribution in [1.29, 1.82) is 0 Å². The maximum Gasteiger partial charge on any atom is 0.246 e. The number of sulfonamides is 1. The molecule has 1 fully saturated rings. The zero-order valence-corrected chi connectivity index (χ0v) is 15.3. The van der Waals surface area contributed by atoms with Gasteiger partial charge in [0, 0.05) is 32.2 Å². The van der Waals surface area contributed by atoms with Crippen LogP contribution in [0.15, 0.2) is 23.1 Å². The topological polar surface area (TPSA) is 111 Å². The lowest BCUT2D eigenvalue weighted by atomic mass is 9.99. The van der Waals surface area contributed by atoms with Gasteiger partial charge >= 0.3 is 0 Å². The average molecular weight is 371 g/mol. The van der Waals surface area contributed by atoms with Crippen LogP contribution in [0.2, 0.25) is 0 Å². The van der Waals surface area contributed by atoms with E-state index in [2.05, 4.69) is 5.32 Å². The molecule has 0 spiro atoms. The Morgan fingerprint density at radius 1 is 1.36 bits per heavy atom. The Morgan fingerprint density at radius 2 is 2.12 bits per heavy atom. The average Bonchev–Trinajstić information content (AvgIpc) is 2.65. The fraction of sp³-hybridized carbons (Fsp3) is 0.562. The number of carbonyl (C=O) groups is 1. The molecule has 25 heavy (non-hydrogen) atoms. The third-order valence-electron chi connectivity index (χ3n) is 4.19. The van der Waals surface area contributed by atoms with Gasteiger partial charge in [0.25, 0.3) is 0 Å². The van der Waals surface area contributed by atoms with Crippen molar-refractivity contribution in [3.05, 3.63) is 18.2 Å². The molecule has 1 amide bonds. The van der Waals surface area contributed by atoms with Crippen molar-refractivity contribution in [3.63, 3.8) is 0 Å². The van der Waals surface area contributed by atoms with Crippen LogP contribution in [0, 0.1) is 5.92 Å². The molecular formula is C16H25N3O5S. The minimum absolute atomic E-state index is 0.0392. The second-order valence-electron chi connectivity index (χ2n) is 5.80. The highest BCUT2D eigenvalue weighted by Crippen LogP contribution is 2.32. The molecule has 1 aliphatic heterocycles. The van der Waals surface area contributed by atoms with E-state index in [1.54, 1.807) is 12.1 Å². The maximum atomic E-state index is 13.1. The molecule has 2 rings (SSSR count). The van der Waals surface area contributed by atoms with Crippen LogP contribution in [-0.2, 0) is 14.8 Å². The second kappa shape index (κ2) is 8.50. The van der Waals surface area contributed by atoms with Crippen LogP contribution in [-0.4, -0.2) is 59.0 Å². The van der Waals surface area contributed by atoms with Crippen LogP contribution in [0.5, 0.6) is 11.5 Å². The van der Waals surface area contributed by atoms with E-state index >= 15 is 0 Å². The lowest BCUT2D eigenvalue weighted by Gasteiger charge is -2.31. The third kappa shape index (κ3) is 4.42. The van der Waals surface area contributed by atoms with Crippen molar-refractivity contribution in [2.45, 2.75) is 17.7 Å². The Balaban J connectivity index is 2.25. The van der Waals surface area contributed by atoms with Gasteiger partial charge in [-0.1, -0.05) is 0 Å². The molecule has 9 heteroatoms. The molecule has 140 valence electrons. The molecule has 1 aromatic rings. The molecule has 1 unspecified atom stereocenters. The first-order chi connectivity index (χ1) is 11.9. The summed E-state index contributed by atoms with van der Waals surface area (Å²) in [5.41, 5.74) is 5.39. The van der Waals surface area contributed by atoms with E-state index in [9.17, 15) is 13.2 Å². The summed E-state index contributed by atoms with van der Waals surface area (Å²) in [5, 5.41) is 2.72. The number of nitrogens with two attached hydrogens (primary N) is 1. The van der Waals surface area contributed by atoms with Gasteiger partial charge in [0.2, 0.25) is 15.9 Å². The summed E-state index contributed by atoms with van der Waals surface area (Å²) in [6, 6.07) is 4.63. The van der Waals surface area contributed by atoms with Gasteiger partial charge < -0.3 is 20.5 Å². The van der Waals surface area contributed by atoms with Crippen molar-refractivity contribution < 1.29 is 22.7 Å². The molecule has 1 aromatic carbocycles. The number of ether oxygens (including phenoxy) is 2. The number of benzene rings is 1. The Kier molecular flexibility index (Phi) is 6.63. The number of rotatable bonds is 7. The second-order valence-corrected chi connectivity index (χ2v) is 7.71. The van der Waals surface area contributed by atoms with E-state index in [0.29, 0.717) is 38.2 Å². The molecule has 0 aliphatic carbocycles. The van der Waals surface area contributed by atoms with Gasteiger partial charge in [-0.05, 0) is 25.0 Å². The fourth-order valence-electron chi connectivity index (χ4n) is 2.84. The first-order valence-electron chi connectivity index (χ1n) is 8.14. The van der Waals surface area contributed by atoms with Gasteiger partial charge in [0.15, 0.2) is 0 Å². The molecule has 0 aromatic heterocycles. The zero-order valence-electron chi connectivity index (χ0n) is 14.5. The Bertz CT molecular complexity index is 708. The molecule has 1 atom stereocenters. The molecule has 8 nitrogen and oxygen atoms in total. The van der Waals surface area contributed by atoms with Gasteiger partial charge in [-0.2, -0.15) is 4.31 Å². The summed E-state index contributed by atoms with van der Waals surface area (Å²) in [5.74, 6) is 0.124. The number of nitrogens with one attached hydrogen (secondary N) is 1. The predicted molar refractivity (Wildman–Crippen MR) is 93.1 cm³/mol. The predicted octanol–water partition coefficient (Wildman–Crippen LogP) is 0.179. The summed E-state index contributed by atoms with van der Waals surface area (Å²) < 4.78 is 37.8. The first kappa shape index (κ1) is 19.5. The van der Waals surface area contributed by atoms with Gasteiger partial charge in [0.05, 0.1) is 20.1 Å². The Hall–Kier alpha value is -1.84. The van der Waals surface area contributed by atoms with Gasteiger partial charge in [-0.15, -0.1) is 0 Å². The summed E-state index contributed by atoms with van der Waals surface area (Å²) >= 11 is 0. The number of piperidine rings is 1. The van der Waals surface area contributed by atoms with Crippen LogP contribution in [0.25, 0.3) is 0 Å². The van der Waals surface area contributed by atoms with E-state index in [-0.39, 0.29) is 29.0 Å². The third-order valence-corrected chi connectivity index (χ3v) is 6.07. The van der Waals surface area contributed by atoms with Crippen molar-refractivity contribution >= 4 is 15.9 Å². The van der Waals surface area contributed by atoms with Gasteiger partial charge in [-0.25, -0.2) is 8.42 Å². The molecule has 0 radical (unpaired) electrons. The van der Waals surface area contributed by atoms with E-state index < -0.39 is 10.0 Å². The zero-order chi connectivity index (χ0) is 18.4. The van der Waals surface area contributed by atoms with Crippen LogP contribution < -0.4 is 20.5 Å². The Morgan fingerprint density at radius 3 is 2.76 bits per heavy atom. The summed E-state index contributed by atoms with van der Waals surface area (Å²) in [4.78, 5) is 12.2. The quantitative estimate of drug-likeness (QED) is 0.707. The summed E-state index contributed by atoms with van der Waals surface area (Å²) in [7, 11) is -0.915. The monoisotopic (exact) mass is 371 g/mol. The van der Waals surface area contributed by atoms with Crippen molar-refractivity contribution in [1.82, 2.24) is 9.62 Å². The highest BCUT2D eigenvalue weighted by atomic mass is 32.2. The molecule has 0 saturated carbocycles. The van der Waals surface area contributed by atoms with E-state index in [4.69, 9.17) is 15.2 Å². The van der Waals surface area contributed by atoms with Crippen LogP contribution in [0.3, 0.4) is 0 Å². The molecule has 1 saturated heterocycles. The SMILES string of the molecule is COc1ccc(OC)c(S(=O)(=O)N2CCCC(C(=O)NCCN)C2)c1. The standard InChI is InChI=1S/C16H25N3O5S/c1-23-13-5-6-14(24-2)15(10-13)25(21,22)19-9-3-4-12(11-19)16(20)18-8-7-17/h5-6,10,12H,3-4,7-9,11,17H2,1-2H3,(H,18,20). The number of amides is 1. The highest BCUT2D eigenvalue weighted by molar-refractivity contribution is 7.89. The van der Waals surface area contributed by atoms with Crippen molar-refractivity contribution in [2.75, 3.05) is 40.4 Å². The fourth-order valence-corrected chi connectivity index (χ4v) is 4.53. The lowest BCUT2D eigenvalue weighted by molar-refractivity contribution is -0.126. The normalized spacial score (nSPS) is 18.6. The van der Waals surface area contributed by atoms with Crippen LogP contribution in [0.1, 0.15) is 12.8 Å². The molecule has 0 bridgehead atoms. The summed E-state index contributed by atoms with van der Waals surface area (Å²) in [6.45, 7) is 1.23. The highest BCUT2D eigenvalue weighted by Gasteiger charge is 2.35. The molecular weight excluding hydrogens is 346 g/mol. The van der Waals surface area contributed by atoms with Crippen LogP contribution in [0.4, 0.5) is 0 Å². The number of hydrogen-bond donors (Lipinski definition) is 2. The van der Waals surface area contributed by atoms with E-state index in [1.807, 2.05) is 0 Å². The molecule has 1 aliphatic rings. The van der Waals surface area contributed by atoms with E-state index in [1.165, 1.54) is 24.6 Å². The largest absolute Gasteiger partial charge is 0.497 e. The number of methoxy groups -OCH3 is 2. The minimum Gasteiger partial charge on any atom is -0.497 e. The Labute approximate surface area is 148 Å². The molecule has 3 N–H and O–H groups in total.